The first kappa shape index (κ1) is 31.0. The number of anilines is 1. The van der Waals surface area contributed by atoms with Crippen LogP contribution in [-0.4, -0.2) is 50.9 Å². The predicted octanol–water partition coefficient (Wildman–Crippen LogP) is 5.12. The van der Waals surface area contributed by atoms with Crippen LogP contribution in [0.2, 0.25) is 5.02 Å². The van der Waals surface area contributed by atoms with E-state index in [1.54, 1.807) is 73.7 Å². The number of carbonyl (C=O) groups is 2. The number of ether oxygens (including phenoxy) is 1. The molecule has 0 heterocycles. The quantitative estimate of drug-likeness (QED) is 0.300. The molecule has 10 heteroatoms. The van der Waals surface area contributed by atoms with Crippen molar-refractivity contribution in [3.05, 3.63) is 89.4 Å². The third-order valence-electron chi connectivity index (χ3n) is 6.14. The molecule has 3 rings (SSSR count). The zero-order valence-corrected chi connectivity index (χ0v) is 24.8. The molecule has 0 saturated heterocycles. The largest absolute Gasteiger partial charge is 0.494 e. The number of sulfonamides is 1. The van der Waals surface area contributed by atoms with Crippen LogP contribution in [0.3, 0.4) is 0 Å². The van der Waals surface area contributed by atoms with Crippen LogP contribution in [0, 0.1) is 5.92 Å². The van der Waals surface area contributed by atoms with Crippen molar-refractivity contribution in [1.29, 1.82) is 0 Å². The second kappa shape index (κ2) is 14.2. The summed E-state index contributed by atoms with van der Waals surface area (Å²) in [6.45, 7) is 7.89. The van der Waals surface area contributed by atoms with Crippen LogP contribution in [0.5, 0.6) is 5.75 Å². The Kier molecular flexibility index (Phi) is 11.0. The number of carbonyl (C=O) groups excluding carboxylic acids is 2. The predicted molar refractivity (Wildman–Crippen MR) is 158 cm³/mol. The number of nitrogens with one attached hydrogen (secondary N) is 1. The lowest BCUT2D eigenvalue weighted by molar-refractivity contribution is -0.139. The van der Waals surface area contributed by atoms with Gasteiger partial charge in [0.05, 0.1) is 17.2 Å². The topological polar surface area (TPSA) is 96.0 Å². The van der Waals surface area contributed by atoms with Crippen molar-refractivity contribution >= 4 is 39.1 Å². The maximum absolute atomic E-state index is 13.9. The SMILES string of the molecule is CCOc1ccc(N(CC(=O)N(Cc2cccc(Cl)c2)C(C)C(=O)NCC(C)C)S(=O)(=O)c2ccccc2)cc1. The number of amides is 2. The fourth-order valence-electron chi connectivity index (χ4n) is 3.99. The molecule has 2 amide bonds. The molecule has 3 aromatic carbocycles. The average Bonchev–Trinajstić information content (AvgIpc) is 2.94. The fraction of sp³-hybridized carbons (Fsp3) is 0.333. The minimum Gasteiger partial charge on any atom is -0.494 e. The van der Waals surface area contributed by atoms with Crippen LogP contribution < -0.4 is 14.4 Å². The Morgan fingerprint density at radius 1 is 0.950 bits per heavy atom. The third kappa shape index (κ3) is 8.22. The highest BCUT2D eigenvalue weighted by Gasteiger charge is 2.32. The van der Waals surface area contributed by atoms with E-state index in [0.717, 1.165) is 4.31 Å². The number of hydrogen-bond donors (Lipinski definition) is 1. The molecule has 40 heavy (non-hydrogen) atoms. The molecule has 0 aromatic heterocycles. The van der Waals surface area contributed by atoms with Gasteiger partial charge >= 0.3 is 0 Å². The third-order valence-corrected chi connectivity index (χ3v) is 8.16. The zero-order valence-electron chi connectivity index (χ0n) is 23.2. The van der Waals surface area contributed by atoms with Gasteiger partial charge in [-0.05, 0) is 73.9 Å². The van der Waals surface area contributed by atoms with Crippen LogP contribution in [0.25, 0.3) is 0 Å². The van der Waals surface area contributed by atoms with Gasteiger partial charge in [-0.15, -0.1) is 0 Å². The standard InChI is InChI=1S/C30H36ClN3O5S/c1-5-39-27-16-14-26(15-17-27)34(40(37,38)28-12-7-6-8-13-28)21-29(35)33(20-24-10-9-11-25(31)18-24)23(4)30(36)32-19-22(2)3/h6-18,22-23H,5,19-21H2,1-4H3,(H,32,36). The van der Waals surface area contributed by atoms with E-state index in [4.69, 9.17) is 16.3 Å². The van der Waals surface area contributed by atoms with E-state index in [1.165, 1.54) is 17.0 Å². The van der Waals surface area contributed by atoms with Gasteiger partial charge < -0.3 is 15.0 Å². The van der Waals surface area contributed by atoms with E-state index in [2.05, 4.69) is 5.32 Å². The highest BCUT2D eigenvalue weighted by molar-refractivity contribution is 7.92. The summed E-state index contributed by atoms with van der Waals surface area (Å²) in [6.07, 6.45) is 0. The van der Waals surface area contributed by atoms with Crippen molar-refractivity contribution in [3.8, 4) is 5.75 Å². The van der Waals surface area contributed by atoms with Gasteiger partial charge in [-0.2, -0.15) is 0 Å². The van der Waals surface area contributed by atoms with Crippen LogP contribution in [0.15, 0.2) is 83.8 Å². The van der Waals surface area contributed by atoms with Gasteiger partial charge in [-0.1, -0.05) is 55.8 Å². The number of nitrogens with zero attached hydrogens (tertiary/aromatic N) is 2. The van der Waals surface area contributed by atoms with Crippen LogP contribution >= 0.6 is 11.6 Å². The average molecular weight is 586 g/mol. The Morgan fingerprint density at radius 3 is 2.23 bits per heavy atom. The lowest BCUT2D eigenvalue weighted by Crippen LogP contribution is -2.51. The lowest BCUT2D eigenvalue weighted by Gasteiger charge is -2.32. The van der Waals surface area contributed by atoms with Crippen LogP contribution in [0.4, 0.5) is 5.69 Å². The molecule has 214 valence electrons. The summed E-state index contributed by atoms with van der Waals surface area (Å²) in [4.78, 5) is 28.4. The fourth-order valence-corrected chi connectivity index (χ4v) is 5.64. The van der Waals surface area contributed by atoms with E-state index in [-0.39, 0.29) is 23.3 Å². The van der Waals surface area contributed by atoms with Gasteiger partial charge in [-0.25, -0.2) is 8.42 Å². The first-order chi connectivity index (χ1) is 19.0. The Balaban J connectivity index is 2.00. The molecule has 0 saturated carbocycles. The highest BCUT2D eigenvalue weighted by atomic mass is 35.5. The minimum absolute atomic E-state index is 0.0424. The van der Waals surface area contributed by atoms with Crippen LogP contribution in [-0.2, 0) is 26.2 Å². The minimum atomic E-state index is -4.13. The van der Waals surface area contributed by atoms with Crippen molar-refractivity contribution in [2.45, 2.75) is 45.2 Å². The number of benzene rings is 3. The molecule has 0 bridgehead atoms. The summed E-state index contributed by atoms with van der Waals surface area (Å²) >= 11 is 6.18. The van der Waals surface area contributed by atoms with Crippen molar-refractivity contribution in [2.24, 2.45) is 5.92 Å². The van der Waals surface area contributed by atoms with Gasteiger partial charge in [0.15, 0.2) is 0 Å². The van der Waals surface area contributed by atoms with E-state index in [0.29, 0.717) is 35.2 Å². The Labute approximate surface area is 241 Å². The summed E-state index contributed by atoms with van der Waals surface area (Å²) in [6, 6.07) is 20.5. The first-order valence-corrected chi connectivity index (χ1v) is 15.0. The van der Waals surface area contributed by atoms with Gasteiger partial charge in [0, 0.05) is 18.1 Å². The van der Waals surface area contributed by atoms with Crippen LogP contribution in [0.1, 0.15) is 33.3 Å². The Hall–Kier alpha value is -3.56. The van der Waals surface area contributed by atoms with Crippen molar-refractivity contribution in [3.63, 3.8) is 0 Å². The number of halogens is 1. The smallest absolute Gasteiger partial charge is 0.264 e. The van der Waals surface area contributed by atoms with Gasteiger partial charge in [-0.3, -0.25) is 13.9 Å². The van der Waals surface area contributed by atoms with Gasteiger partial charge in [0.1, 0.15) is 18.3 Å². The normalized spacial score (nSPS) is 12.1. The molecule has 0 aliphatic carbocycles. The van der Waals surface area contributed by atoms with E-state index < -0.39 is 28.5 Å². The van der Waals surface area contributed by atoms with Gasteiger partial charge in [0.25, 0.3) is 10.0 Å². The van der Waals surface area contributed by atoms with E-state index in [9.17, 15) is 18.0 Å². The molecule has 0 radical (unpaired) electrons. The maximum atomic E-state index is 13.9. The molecule has 0 fully saturated rings. The zero-order chi connectivity index (χ0) is 29.3. The highest BCUT2D eigenvalue weighted by Crippen LogP contribution is 2.27. The van der Waals surface area contributed by atoms with E-state index in [1.807, 2.05) is 20.8 Å². The van der Waals surface area contributed by atoms with Crippen molar-refractivity contribution in [1.82, 2.24) is 10.2 Å². The Bertz CT molecular complexity index is 1380. The molecule has 0 aliphatic heterocycles. The molecule has 0 spiro atoms. The lowest BCUT2D eigenvalue weighted by atomic mass is 10.1. The molecule has 8 nitrogen and oxygen atoms in total. The summed E-state index contributed by atoms with van der Waals surface area (Å²) < 4.78 is 34.2. The summed E-state index contributed by atoms with van der Waals surface area (Å²) in [5, 5.41) is 3.36. The van der Waals surface area contributed by atoms with E-state index >= 15 is 0 Å². The molecule has 1 N–H and O–H groups in total. The molecular formula is C30H36ClN3O5S. The summed E-state index contributed by atoms with van der Waals surface area (Å²) in [7, 11) is -4.13. The molecule has 0 aliphatic rings. The van der Waals surface area contributed by atoms with Gasteiger partial charge in [0.2, 0.25) is 11.8 Å². The molecule has 1 atom stereocenters. The summed E-state index contributed by atoms with van der Waals surface area (Å²) in [5.74, 6) is -0.0739. The maximum Gasteiger partial charge on any atom is 0.264 e. The second-order valence-corrected chi connectivity index (χ2v) is 12.0. The Morgan fingerprint density at radius 2 is 1.62 bits per heavy atom. The molecule has 3 aromatic rings. The van der Waals surface area contributed by atoms with Crippen molar-refractivity contribution < 1.29 is 22.7 Å². The number of rotatable bonds is 13. The second-order valence-electron chi connectivity index (χ2n) is 9.72. The summed E-state index contributed by atoms with van der Waals surface area (Å²) in [5.41, 5.74) is 1.00. The number of hydrogen-bond acceptors (Lipinski definition) is 5. The monoisotopic (exact) mass is 585 g/mol. The van der Waals surface area contributed by atoms with Crippen molar-refractivity contribution in [2.75, 3.05) is 24.0 Å². The molecular weight excluding hydrogens is 550 g/mol. The first-order valence-electron chi connectivity index (χ1n) is 13.1. The molecule has 1 unspecified atom stereocenters.